The molecule has 0 radical (unpaired) electrons. The van der Waals surface area contributed by atoms with Gasteiger partial charge in [-0.05, 0) is 101 Å². The van der Waals surface area contributed by atoms with Crippen LogP contribution in [0.1, 0.15) is 54.2 Å². The minimum Gasteiger partial charge on any atom is -0.495 e. The summed E-state index contributed by atoms with van der Waals surface area (Å²) in [5.74, 6) is 1.51. The van der Waals surface area contributed by atoms with E-state index < -0.39 is 4.92 Å². The first-order valence-electron chi connectivity index (χ1n) is 16.9. The van der Waals surface area contributed by atoms with Gasteiger partial charge in [-0.1, -0.05) is 43.4 Å². The number of likely N-dealkylation sites (N-methyl/N-ethyl adjacent to an activating group) is 2. The zero-order valence-electron chi connectivity index (χ0n) is 30.1. The van der Waals surface area contributed by atoms with E-state index in [0.717, 1.165) is 98.8 Å². The number of alkyl halides is 1. The van der Waals surface area contributed by atoms with Gasteiger partial charge in [0.05, 0.1) is 36.9 Å². The number of anilines is 1. The van der Waals surface area contributed by atoms with Crippen molar-refractivity contribution in [3.63, 3.8) is 0 Å². The highest BCUT2D eigenvalue weighted by Gasteiger charge is 2.23. The first-order valence-corrected chi connectivity index (χ1v) is 18.4. The maximum atomic E-state index is 10.9. The maximum absolute atomic E-state index is 10.9. The van der Waals surface area contributed by atoms with Crippen LogP contribution in [0.5, 0.6) is 17.2 Å². The van der Waals surface area contributed by atoms with Crippen molar-refractivity contribution in [2.45, 2.75) is 59.7 Å². The molecule has 0 aromatic heterocycles. The molecule has 0 amide bonds. The van der Waals surface area contributed by atoms with E-state index in [1.165, 1.54) is 29.8 Å². The number of methoxy groups -OCH3 is 3. The van der Waals surface area contributed by atoms with Gasteiger partial charge in [0.25, 0.3) is 0 Å². The van der Waals surface area contributed by atoms with Gasteiger partial charge in [0, 0.05) is 44.9 Å². The number of hydrogen-bond donors (Lipinski definition) is 2. The first-order chi connectivity index (χ1) is 24.0. The van der Waals surface area contributed by atoms with Crippen molar-refractivity contribution in [3.05, 3.63) is 90.0 Å². The molecule has 3 aliphatic heterocycles. The summed E-state index contributed by atoms with van der Waals surface area (Å²) in [5, 5.41) is 24.9. The Labute approximate surface area is 308 Å². The Kier molecular flexibility index (Phi) is 16.4. The molecule has 274 valence electrons. The average molecular weight is 807 g/mol. The molecule has 3 N–H and O–H groups in total. The lowest BCUT2D eigenvalue weighted by Crippen LogP contribution is -2.30. The van der Waals surface area contributed by atoms with E-state index in [-0.39, 0.29) is 16.3 Å². The van der Waals surface area contributed by atoms with Crippen LogP contribution in [0, 0.1) is 20.2 Å². The third-order valence-electron chi connectivity index (χ3n) is 8.91. The van der Waals surface area contributed by atoms with Crippen molar-refractivity contribution in [1.82, 2.24) is 15.1 Å². The predicted molar refractivity (Wildman–Crippen MR) is 206 cm³/mol. The Bertz CT molecular complexity index is 1610. The lowest BCUT2D eigenvalue weighted by atomic mass is 9.98. The molecule has 3 heterocycles. The number of ether oxygens (including phenoxy) is 3. The number of nitrogen functional groups attached to an aromatic ring is 1. The van der Waals surface area contributed by atoms with E-state index in [1.54, 1.807) is 31.4 Å². The number of nitrogens with zero attached hydrogens (tertiary/aromatic N) is 4. The monoisotopic (exact) mass is 806 g/mol. The number of halogens is 1. The molecule has 3 aromatic carbocycles. The SMILES string of the molecule is CCI.CCN1CCc2cc(OC)c(N)cc2C1.CCN1CCc2cc(OC)c([N+](=O)[O-])cc2C1.COc1cc2c(cc1[N+](=O)[O-])CNCC2. The number of fused-ring (bicyclic) bond motifs is 3. The fourth-order valence-electron chi connectivity index (χ4n) is 6.12. The van der Waals surface area contributed by atoms with Crippen LogP contribution in [0.2, 0.25) is 0 Å². The fourth-order valence-corrected chi connectivity index (χ4v) is 6.12. The van der Waals surface area contributed by atoms with E-state index in [9.17, 15) is 20.2 Å². The Morgan fingerprint density at radius 2 is 1.12 bits per heavy atom. The zero-order valence-corrected chi connectivity index (χ0v) is 32.2. The van der Waals surface area contributed by atoms with Gasteiger partial charge in [-0.3, -0.25) is 30.0 Å². The highest BCUT2D eigenvalue weighted by Crippen LogP contribution is 2.34. The van der Waals surface area contributed by atoms with E-state index in [4.69, 9.17) is 19.9 Å². The van der Waals surface area contributed by atoms with Crippen LogP contribution >= 0.6 is 22.6 Å². The molecule has 3 aliphatic rings. The van der Waals surface area contributed by atoms with Crippen molar-refractivity contribution in [2.24, 2.45) is 0 Å². The van der Waals surface area contributed by atoms with E-state index in [1.807, 2.05) is 0 Å². The molecule has 0 aliphatic carbocycles. The number of benzene rings is 3. The quantitative estimate of drug-likeness (QED) is 0.0905. The molecule has 3 aromatic rings. The van der Waals surface area contributed by atoms with Crippen LogP contribution in [-0.2, 0) is 38.9 Å². The maximum Gasteiger partial charge on any atom is 0.311 e. The molecule has 0 atom stereocenters. The molecular formula is C36H51IN6O7. The van der Waals surface area contributed by atoms with Crippen molar-refractivity contribution < 1.29 is 24.1 Å². The topological polar surface area (TPSA) is 159 Å². The molecule has 0 bridgehead atoms. The first kappa shape index (κ1) is 40.7. The standard InChI is InChI=1S/C12H16N2O3.C12H18N2O.C10H12N2O3.C2H5I/c1-3-13-5-4-9-7-12(17-2)11(14(15)16)6-10(9)8-13;1-3-14-5-4-9-7-12(15-2)11(13)6-10(9)8-14;1-15-10-5-7-2-3-11-6-8(7)4-9(10)12(13)14;1-2-3/h6-7H,3-5,8H2,1-2H3;6-7H,3-5,8,13H2,1-2H3;4-5,11H,2-3,6H2,1H3;2H2,1H3. The van der Waals surface area contributed by atoms with E-state index in [0.29, 0.717) is 18.0 Å². The summed E-state index contributed by atoms with van der Waals surface area (Å²) in [6, 6.07) is 11.0. The Morgan fingerprint density at radius 3 is 1.56 bits per heavy atom. The van der Waals surface area contributed by atoms with Crippen LogP contribution < -0.4 is 25.3 Å². The highest BCUT2D eigenvalue weighted by atomic mass is 127. The average Bonchev–Trinajstić information content (AvgIpc) is 3.13. The summed E-state index contributed by atoms with van der Waals surface area (Å²) < 4.78 is 16.5. The summed E-state index contributed by atoms with van der Waals surface area (Å²) in [7, 11) is 4.59. The molecule has 13 nitrogen and oxygen atoms in total. The zero-order chi connectivity index (χ0) is 36.8. The van der Waals surface area contributed by atoms with Crippen LogP contribution in [0.4, 0.5) is 17.1 Å². The van der Waals surface area contributed by atoms with E-state index >= 15 is 0 Å². The number of nitro benzene ring substituents is 2. The second kappa shape index (κ2) is 20.2. The summed E-state index contributed by atoms with van der Waals surface area (Å²) >= 11 is 2.29. The van der Waals surface area contributed by atoms with Gasteiger partial charge in [0.2, 0.25) is 0 Å². The summed E-state index contributed by atoms with van der Waals surface area (Å²) in [6.07, 6.45) is 2.92. The van der Waals surface area contributed by atoms with Gasteiger partial charge >= 0.3 is 11.4 Å². The third-order valence-corrected chi connectivity index (χ3v) is 8.91. The largest absolute Gasteiger partial charge is 0.495 e. The highest BCUT2D eigenvalue weighted by molar-refractivity contribution is 14.1. The lowest BCUT2D eigenvalue weighted by molar-refractivity contribution is -0.386. The molecule has 0 saturated carbocycles. The fraction of sp³-hybridized carbons (Fsp3) is 0.500. The number of hydrogen-bond acceptors (Lipinski definition) is 11. The normalized spacial score (nSPS) is 14.8. The van der Waals surface area contributed by atoms with Gasteiger partial charge in [-0.2, -0.15) is 0 Å². The van der Waals surface area contributed by atoms with Gasteiger partial charge in [0.1, 0.15) is 5.75 Å². The number of rotatable bonds is 7. The molecule has 0 spiro atoms. The van der Waals surface area contributed by atoms with Crippen LogP contribution in [0.15, 0.2) is 36.4 Å². The summed E-state index contributed by atoms with van der Waals surface area (Å²) in [5.41, 5.74) is 13.8. The lowest BCUT2D eigenvalue weighted by Gasteiger charge is -2.28. The number of nitrogens with two attached hydrogens (primary N) is 1. The summed E-state index contributed by atoms with van der Waals surface area (Å²) in [4.78, 5) is 25.6. The van der Waals surface area contributed by atoms with E-state index in [2.05, 4.69) is 70.6 Å². The van der Waals surface area contributed by atoms with Gasteiger partial charge in [-0.15, -0.1) is 0 Å². The minimum atomic E-state index is -0.409. The van der Waals surface area contributed by atoms with Gasteiger partial charge < -0.3 is 25.3 Å². The van der Waals surface area contributed by atoms with Gasteiger partial charge in [-0.25, -0.2) is 0 Å². The molecule has 14 heteroatoms. The van der Waals surface area contributed by atoms with Gasteiger partial charge in [0.15, 0.2) is 11.5 Å². The second-order valence-corrected chi connectivity index (χ2v) is 13.4. The molecule has 0 saturated heterocycles. The Hall–Kier alpha value is -3.73. The van der Waals surface area contributed by atoms with Crippen molar-refractivity contribution in [1.29, 1.82) is 0 Å². The number of nitro groups is 2. The van der Waals surface area contributed by atoms with Crippen LogP contribution in [-0.4, -0.2) is 78.1 Å². The third kappa shape index (κ3) is 10.9. The van der Waals surface area contributed by atoms with Crippen molar-refractivity contribution in [2.75, 3.05) is 64.2 Å². The van der Waals surface area contributed by atoms with Crippen LogP contribution in [0.25, 0.3) is 0 Å². The number of nitrogens with one attached hydrogen (secondary N) is 1. The Balaban J connectivity index is 0.000000195. The molecule has 0 unspecified atom stereocenters. The molecule has 50 heavy (non-hydrogen) atoms. The molecule has 6 rings (SSSR count). The smallest absolute Gasteiger partial charge is 0.311 e. The Morgan fingerprint density at radius 1 is 0.700 bits per heavy atom. The molecular weight excluding hydrogens is 755 g/mol. The summed E-state index contributed by atoms with van der Waals surface area (Å²) in [6.45, 7) is 14.0. The second-order valence-electron chi connectivity index (χ2n) is 11.9. The molecule has 0 fully saturated rings. The predicted octanol–water partition coefficient (Wildman–Crippen LogP) is 6.33. The van der Waals surface area contributed by atoms with Crippen LogP contribution in [0.3, 0.4) is 0 Å². The van der Waals surface area contributed by atoms with Crippen molar-refractivity contribution in [3.8, 4) is 17.2 Å². The minimum absolute atomic E-state index is 0.0416. The van der Waals surface area contributed by atoms with Crippen molar-refractivity contribution >= 4 is 39.7 Å².